The SMILES string of the molecule is CCCOC(=O)NCCOc1ccc(C[C@@H]2CCCC[C@H]2O)cc1. The molecule has 1 aromatic rings. The maximum atomic E-state index is 11.3. The molecule has 2 rings (SSSR count). The van der Waals surface area contributed by atoms with Crippen LogP contribution in [0.15, 0.2) is 24.3 Å². The van der Waals surface area contributed by atoms with Crippen LogP contribution in [-0.2, 0) is 11.2 Å². The molecule has 2 N–H and O–H groups in total. The monoisotopic (exact) mass is 335 g/mol. The van der Waals surface area contributed by atoms with Crippen molar-refractivity contribution < 1.29 is 19.4 Å². The summed E-state index contributed by atoms with van der Waals surface area (Å²) in [5.41, 5.74) is 1.23. The first-order valence-electron chi connectivity index (χ1n) is 8.99. The van der Waals surface area contributed by atoms with Gasteiger partial charge in [0.25, 0.3) is 0 Å². The summed E-state index contributed by atoms with van der Waals surface area (Å²) in [6.07, 6.45) is 5.58. The van der Waals surface area contributed by atoms with E-state index in [4.69, 9.17) is 9.47 Å². The third-order valence-electron chi connectivity index (χ3n) is 4.37. The number of benzene rings is 1. The van der Waals surface area contributed by atoms with Crippen molar-refractivity contribution in [1.82, 2.24) is 5.32 Å². The van der Waals surface area contributed by atoms with Crippen molar-refractivity contribution >= 4 is 6.09 Å². The predicted octanol–water partition coefficient (Wildman–Crippen LogP) is 3.30. The van der Waals surface area contributed by atoms with Crippen molar-refractivity contribution in [3.63, 3.8) is 0 Å². The molecule has 0 aliphatic heterocycles. The summed E-state index contributed by atoms with van der Waals surface area (Å²) < 4.78 is 10.5. The van der Waals surface area contributed by atoms with Gasteiger partial charge in [0.05, 0.1) is 19.3 Å². The van der Waals surface area contributed by atoms with Gasteiger partial charge in [-0.15, -0.1) is 0 Å². The molecule has 0 bridgehead atoms. The fraction of sp³-hybridized carbons (Fsp3) is 0.632. The zero-order valence-corrected chi connectivity index (χ0v) is 14.5. The Hall–Kier alpha value is -1.75. The molecule has 0 spiro atoms. The zero-order valence-electron chi connectivity index (χ0n) is 14.5. The number of nitrogens with one attached hydrogen (secondary N) is 1. The Morgan fingerprint density at radius 3 is 2.67 bits per heavy atom. The fourth-order valence-electron chi connectivity index (χ4n) is 3.02. The lowest BCUT2D eigenvalue weighted by atomic mass is 9.82. The number of rotatable bonds is 8. The summed E-state index contributed by atoms with van der Waals surface area (Å²) in [4.78, 5) is 11.3. The largest absolute Gasteiger partial charge is 0.492 e. The number of carbonyl (C=O) groups is 1. The van der Waals surface area contributed by atoms with Gasteiger partial charge in [-0.3, -0.25) is 0 Å². The van der Waals surface area contributed by atoms with Gasteiger partial charge in [0.1, 0.15) is 12.4 Å². The summed E-state index contributed by atoms with van der Waals surface area (Å²) in [7, 11) is 0. The van der Waals surface area contributed by atoms with E-state index in [1.807, 2.05) is 19.1 Å². The molecular formula is C19H29NO4. The normalized spacial score (nSPS) is 20.4. The molecule has 1 aliphatic rings. The van der Waals surface area contributed by atoms with Gasteiger partial charge in [-0.25, -0.2) is 4.79 Å². The van der Waals surface area contributed by atoms with E-state index in [0.29, 0.717) is 25.7 Å². The molecule has 1 aliphatic carbocycles. The summed E-state index contributed by atoms with van der Waals surface area (Å²) in [5.74, 6) is 1.16. The Morgan fingerprint density at radius 2 is 1.96 bits per heavy atom. The van der Waals surface area contributed by atoms with E-state index < -0.39 is 6.09 Å². The molecule has 1 saturated carbocycles. The third kappa shape index (κ3) is 6.40. The minimum atomic E-state index is -0.401. The van der Waals surface area contributed by atoms with E-state index in [0.717, 1.165) is 37.9 Å². The van der Waals surface area contributed by atoms with Gasteiger partial charge in [0.2, 0.25) is 0 Å². The van der Waals surface area contributed by atoms with Crippen LogP contribution in [0, 0.1) is 5.92 Å². The molecular weight excluding hydrogens is 306 g/mol. The molecule has 0 aromatic heterocycles. The minimum Gasteiger partial charge on any atom is -0.492 e. The van der Waals surface area contributed by atoms with Crippen LogP contribution in [0.25, 0.3) is 0 Å². The number of hydrogen-bond acceptors (Lipinski definition) is 4. The number of hydrogen-bond donors (Lipinski definition) is 2. The lowest BCUT2D eigenvalue weighted by molar-refractivity contribution is 0.0700. The molecule has 2 atom stereocenters. The van der Waals surface area contributed by atoms with E-state index in [1.165, 1.54) is 12.0 Å². The Labute approximate surface area is 144 Å². The summed E-state index contributed by atoms with van der Waals surface area (Å²) in [6.45, 7) is 3.21. The van der Waals surface area contributed by atoms with Gasteiger partial charge in [-0.2, -0.15) is 0 Å². The fourth-order valence-corrected chi connectivity index (χ4v) is 3.02. The molecule has 0 heterocycles. The maximum absolute atomic E-state index is 11.3. The second kappa shape index (κ2) is 10.2. The van der Waals surface area contributed by atoms with Crippen molar-refractivity contribution in [2.75, 3.05) is 19.8 Å². The van der Waals surface area contributed by atoms with Crippen LogP contribution < -0.4 is 10.1 Å². The Bertz CT molecular complexity index is 489. The Balaban J connectivity index is 1.67. The van der Waals surface area contributed by atoms with Crippen LogP contribution in [0.1, 0.15) is 44.6 Å². The van der Waals surface area contributed by atoms with E-state index >= 15 is 0 Å². The molecule has 1 fully saturated rings. The first-order chi connectivity index (χ1) is 11.7. The van der Waals surface area contributed by atoms with Crippen molar-refractivity contribution in [3.8, 4) is 5.75 Å². The molecule has 24 heavy (non-hydrogen) atoms. The van der Waals surface area contributed by atoms with E-state index in [2.05, 4.69) is 17.4 Å². The van der Waals surface area contributed by atoms with Crippen molar-refractivity contribution in [3.05, 3.63) is 29.8 Å². The highest BCUT2D eigenvalue weighted by Crippen LogP contribution is 2.27. The van der Waals surface area contributed by atoms with Gasteiger partial charge < -0.3 is 19.9 Å². The Kier molecular flexibility index (Phi) is 7.89. The molecule has 134 valence electrons. The first kappa shape index (κ1) is 18.6. The highest BCUT2D eigenvalue weighted by atomic mass is 16.5. The number of ether oxygens (including phenoxy) is 2. The topological polar surface area (TPSA) is 67.8 Å². The third-order valence-corrected chi connectivity index (χ3v) is 4.37. The highest BCUT2D eigenvalue weighted by molar-refractivity contribution is 5.66. The summed E-state index contributed by atoms with van der Waals surface area (Å²) in [5, 5.41) is 12.7. The van der Waals surface area contributed by atoms with Gasteiger partial charge in [0, 0.05) is 0 Å². The van der Waals surface area contributed by atoms with E-state index in [1.54, 1.807) is 0 Å². The van der Waals surface area contributed by atoms with Crippen LogP contribution in [0.3, 0.4) is 0 Å². The smallest absolute Gasteiger partial charge is 0.407 e. The van der Waals surface area contributed by atoms with Crippen LogP contribution in [0.5, 0.6) is 5.75 Å². The summed E-state index contributed by atoms with van der Waals surface area (Å²) in [6, 6.07) is 8.00. The average molecular weight is 335 g/mol. The van der Waals surface area contributed by atoms with E-state index in [9.17, 15) is 9.90 Å². The lowest BCUT2D eigenvalue weighted by Crippen LogP contribution is -2.28. The molecule has 5 heteroatoms. The lowest BCUT2D eigenvalue weighted by Gasteiger charge is -2.27. The van der Waals surface area contributed by atoms with E-state index in [-0.39, 0.29) is 6.10 Å². The van der Waals surface area contributed by atoms with Gasteiger partial charge >= 0.3 is 6.09 Å². The molecule has 0 unspecified atom stereocenters. The van der Waals surface area contributed by atoms with Crippen LogP contribution in [0.4, 0.5) is 4.79 Å². The van der Waals surface area contributed by atoms with Gasteiger partial charge in [-0.05, 0) is 49.3 Å². The second-order valence-corrected chi connectivity index (χ2v) is 6.37. The van der Waals surface area contributed by atoms with Crippen LogP contribution in [0.2, 0.25) is 0 Å². The van der Waals surface area contributed by atoms with Crippen molar-refractivity contribution in [2.45, 2.75) is 51.6 Å². The van der Waals surface area contributed by atoms with Crippen molar-refractivity contribution in [1.29, 1.82) is 0 Å². The highest BCUT2D eigenvalue weighted by Gasteiger charge is 2.22. The van der Waals surface area contributed by atoms with Crippen molar-refractivity contribution in [2.24, 2.45) is 5.92 Å². The molecule has 0 radical (unpaired) electrons. The molecule has 0 saturated heterocycles. The van der Waals surface area contributed by atoms with Crippen LogP contribution in [-0.4, -0.2) is 37.1 Å². The quantitative estimate of drug-likeness (QED) is 0.715. The summed E-state index contributed by atoms with van der Waals surface area (Å²) >= 11 is 0. The molecule has 5 nitrogen and oxygen atoms in total. The second-order valence-electron chi connectivity index (χ2n) is 6.37. The first-order valence-corrected chi connectivity index (χ1v) is 8.99. The van der Waals surface area contributed by atoms with Crippen LogP contribution >= 0.6 is 0 Å². The Morgan fingerprint density at radius 1 is 1.21 bits per heavy atom. The minimum absolute atomic E-state index is 0.159. The van der Waals surface area contributed by atoms with Gasteiger partial charge in [-0.1, -0.05) is 31.9 Å². The maximum Gasteiger partial charge on any atom is 0.407 e. The number of carbonyl (C=O) groups excluding carboxylic acids is 1. The standard InChI is InChI=1S/C19H29NO4/c1-2-12-24-19(22)20-11-13-23-17-9-7-15(8-10-17)14-16-5-3-4-6-18(16)21/h7-10,16,18,21H,2-6,11-14H2,1H3,(H,20,22)/t16-,18+/m0/s1. The number of amides is 1. The zero-order chi connectivity index (χ0) is 17.2. The van der Waals surface area contributed by atoms with Gasteiger partial charge in [0.15, 0.2) is 0 Å². The average Bonchev–Trinajstić information content (AvgIpc) is 2.60. The molecule has 1 aromatic carbocycles. The number of aliphatic hydroxyl groups excluding tert-OH is 1. The number of alkyl carbamates (subject to hydrolysis) is 1. The predicted molar refractivity (Wildman–Crippen MR) is 93.2 cm³/mol. The number of aliphatic hydroxyl groups is 1. The molecule has 1 amide bonds.